The minimum absolute atomic E-state index is 0.181. The highest BCUT2D eigenvalue weighted by Gasteiger charge is 2.29. The van der Waals surface area contributed by atoms with Crippen molar-refractivity contribution in [2.45, 2.75) is 44.9 Å². The van der Waals surface area contributed by atoms with Crippen LogP contribution in [0.1, 0.15) is 38.2 Å². The standard InChI is InChI=1S/C22H33N3O3/c1-18(27)22(25-13-11-24(12-14-25)15-16-26)28-23-21-10-6-5-9-20(21)17-19-7-3-2-4-8-19/h2-4,7-8,17-18,22,26-27H,5-6,9-16H2,1H3/b20-17+,23-21+/t18-,22+/m1/s1. The molecule has 0 bridgehead atoms. The Balaban J connectivity index is 1.67. The van der Waals surface area contributed by atoms with Gasteiger partial charge in [0.15, 0.2) is 0 Å². The van der Waals surface area contributed by atoms with Gasteiger partial charge in [0.05, 0.1) is 12.3 Å². The number of piperazine rings is 1. The number of allylic oxidation sites excluding steroid dienone is 1. The summed E-state index contributed by atoms with van der Waals surface area (Å²) in [5.74, 6) is 0. The molecule has 0 unspecified atom stereocenters. The largest absolute Gasteiger partial charge is 0.395 e. The molecule has 2 fully saturated rings. The summed E-state index contributed by atoms with van der Waals surface area (Å²) in [7, 11) is 0. The first-order valence-electron chi connectivity index (χ1n) is 10.4. The Kier molecular flexibility index (Phi) is 8.03. The second-order valence-electron chi connectivity index (χ2n) is 7.66. The van der Waals surface area contributed by atoms with Crippen molar-refractivity contribution in [2.24, 2.45) is 5.16 Å². The fourth-order valence-electron chi connectivity index (χ4n) is 3.88. The first-order valence-corrected chi connectivity index (χ1v) is 10.4. The van der Waals surface area contributed by atoms with Crippen LogP contribution in [-0.2, 0) is 4.84 Å². The number of hydrogen-bond donors (Lipinski definition) is 2. The van der Waals surface area contributed by atoms with Crippen LogP contribution in [0, 0.1) is 0 Å². The highest BCUT2D eigenvalue weighted by molar-refractivity contribution is 6.03. The Morgan fingerprint density at radius 2 is 1.82 bits per heavy atom. The smallest absolute Gasteiger partial charge is 0.207 e. The number of hydrogen-bond acceptors (Lipinski definition) is 6. The summed E-state index contributed by atoms with van der Waals surface area (Å²) in [6.07, 6.45) is 5.35. The number of oxime groups is 1. The lowest BCUT2D eigenvalue weighted by Gasteiger charge is -2.38. The third kappa shape index (κ3) is 5.88. The molecule has 2 aliphatic rings. The van der Waals surface area contributed by atoms with E-state index < -0.39 is 12.3 Å². The molecule has 0 aromatic heterocycles. The molecule has 1 saturated carbocycles. The molecule has 0 spiro atoms. The van der Waals surface area contributed by atoms with Gasteiger partial charge in [0.1, 0.15) is 6.10 Å². The second-order valence-corrected chi connectivity index (χ2v) is 7.66. The monoisotopic (exact) mass is 387 g/mol. The van der Waals surface area contributed by atoms with Crippen molar-refractivity contribution in [3.63, 3.8) is 0 Å². The summed E-state index contributed by atoms with van der Waals surface area (Å²) < 4.78 is 0. The van der Waals surface area contributed by atoms with Gasteiger partial charge in [-0.25, -0.2) is 0 Å². The zero-order chi connectivity index (χ0) is 19.8. The van der Waals surface area contributed by atoms with Crippen LogP contribution in [0.2, 0.25) is 0 Å². The molecule has 6 heteroatoms. The Morgan fingerprint density at radius 3 is 2.50 bits per heavy atom. The molecule has 6 nitrogen and oxygen atoms in total. The quantitative estimate of drug-likeness (QED) is 0.703. The van der Waals surface area contributed by atoms with E-state index in [2.05, 4.69) is 33.2 Å². The average molecular weight is 388 g/mol. The normalized spacial score (nSPS) is 24.4. The van der Waals surface area contributed by atoms with Crippen molar-refractivity contribution in [1.82, 2.24) is 9.80 Å². The van der Waals surface area contributed by atoms with E-state index in [-0.39, 0.29) is 6.61 Å². The molecule has 2 N–H and O–H groups in total. The minimum Gasteiger partial charge on any atom is -0.395 e. The van der Waals surface area contributed by atoms with Gasteiger partial charge in [-0.05, 0) is 49.8 Å². The number of aliphatic hydroxyl groups is 2. The first kappa shape index (κ1) is 21.0. The SMILES string of the molecule is C[C@@H](O)[C@H](O/N=C1\CCCC\C1=C/c1ccccc1)N1CCN(CCO)CC1. The zero-order valence-corrected chi connectivity index (χ0v) is 16.8. The van der Waals surface area contributed by atoms with E-state index in [0.29, 0.717) is 6.54 Å². The third-order valence-electron chi connectivity index (χ3n) is 5.49. The average Bonchev–Trinajstić information content (AvgIpc) is 2.71. The predicted molar refractivity (Wildman–Crippen MR) is 112 cm³/mol. The maximum Gasteiger partial charge on any atom is 0.207 e. The molecule has 3 rings (SSSR count). The zero-order valence-electron chi connectivity index (χ0n) is 16.8. The first-order chi connectivity index (χ1) is 13.7. The van der Waals surface area contributed by atoms with E-state index in [1.807, 2.05) is 18.2 Å². The molecule has 1 aromatic carbocycles. The molecule has 0 radical (unpaired) electrons. The molecule has 2 atom stereocenters. The van der Waals surface area contributed by atoms with Gasteiger partial charge in [0.25, 0.3) is 0 Å². The summed E-state index contributed by atoms with van der Waals surface area (Å²) in [5.41, 5.74) is 3.41. The fourth-order valence-corrected chi connectivity index (χ4v) is 3.88. The number of β-amino-alcohol motifs (C(OH)–C–C–N with tert-alkyl or cyclic N) is 1. The van der Waals surface area contributed by atoms with Crippen molar-refractivity contribution in [1.29, 1.82) is 0 Å². The third-order valence-corrected chi connectivity index (χ3v) is 5.49. The van der Waals surface area contributed by atoms with Crippen LogP contribution >= 0.6 is 0 Å². The molecule has 1 aromatic rings. The van der Waals surface area contributed by atoms with Crippen LogP contribution in [0.4, 0.5) is 0 Å². The summed E-state index contributed by atoms with van der Waals surface area (Å²) >= 11 is 0. The Hall–Kier alpha value is -1.73. The number of aliphatic hydroxyl groups excluding tert-OH is 2. The predicted octanol–water partition coefficient (Wildman–Crippen LogP) is 2.33. The van der Waals surface area contributed by atoms with Gasteiger partial charge in [0, 0.05) is 32.7 Å². The van der Waals surface area contributed by atoms with Crippen molar-refractivity contribution in [3.8, 4) is 0 Å². The summed E-state index contributed by atoms with van der Waals surface area (Å²) in [6.45, 7) is 5.96. The van der Waals surface area contributed by atoms with Crippen LogP contribution in [0.3, 0.4) is 0 Å². The van der Waals surface area contributed by atoms with E-state index in [1.165, 1.54) is 17.6 Å². The van der Waals surface area contributed by atoms with E-state index in [1.54, 1.807) is 6.92 Å². The topological polar surface area (TPSA) is 68.5 Å². The van der Waals surface area contributed by atoms with Crippen LogP contribution < -0.4 is 0 Å². The van der Waals surface area contributed by atoms with Gasteiger partial charge in [0.2, 0.25) is 6.23 Å². The second kappa shape index (κ2) is 10.7. The van der Waals surface area contributed by atoms with Crippen molar-refractivity contribution >= 4 is 11.8 Å². The Labute approximate surface area is 168 Å². The van der Waals surface area contributed by atoms with Crippen molar-refractivity contribution < 1.29 is 15.1 Å². The minimum atomic E-state index is -0.626. The number of rotatable bonds is 7. The van der Waals surface area contributed by atoms with Crippen molar-refractivity contribution in [3.05, 3.63) is 41.5 Å². The fraction of sp³-hybridized carbons (Fsp3) is 0.591. The van der Waals surface area contributed by atoms with Gasteiger partial charge >= 0.3 is 0 Å². The molecule has 1 aliphatic heterocycles. The number of benzene rings is 1. The van der Waals surface area contributed by atoms with Gasteiger partial charge in [-0.15, -0.1) is 0 Å². The molecule has 0 amide bonds. The van der Waals surface area contributed by atoms with Gasteiger partial charge in [-0.2, -0.15) is 0 Å². The van der Waals surface area contributed by atoms with E-state index in [9.17, 15) is 5.11 Å². The van der Waals surface area contributed by atoms with Crippen LogP contribution in [0.5, 0.6) is 0 Å². The van der Waals surface area contributed by atoms with E-state index >= 15 is 0 Å². The highest BCUT2D eigenvalue weighted by Crippen LogP contribution is 2.24. The van der Waals surface area contributed by atoms with E-state index in [0.717, 1.165) is 51.2 Å². The lowest BCUT2D eigenvalue weighted by atomic mass is 9.91. The molecule has 1 aliphatic carbocycles. The van der Waals surface area contributed by atoms with Crippen molar-refractivity contribution in [2.75, 3.05) is 39.3 Å². The lowest BCUT2D eigenvalue weighted by Crippen LogP contribution is -2.54. The Morgan fingerprint density at radius 1 is 1.11 bits per heavy atom. The maximum atomic E-state index is 10.3. The molecular weight excluding hydrogens is 354 g/mol. The summed E-state index contributed by atoms with van der Waals surface area (Å²) in [4.78, 5) is 10.3. The Bertz CT molecular complexity index is 652. The molecule has 154 valence electrons. The van der Waals surface area contributed by atoms with Gasteiger partial charge < -0.3 is 15.1 Å². The summed E-state index contributed by atoms with van der Waals surface area (Å²) in [5, 5.41) is 23.9. The van der Waals surface area contributed by atoms with Crippen LogP contribution in [0.15, 0.2) is 41.1 Å². The maximum absolute atomic E-state index is 10.3. The van der Waals surface area contributed by atoms with Crippen LogP contribution in [-0.4, -0.2) is 77.4 Å². The molecule has 28 heavy (non-hydrogen) atoms. The van der Waals surface area contributed by atoms with Gasteiger partial charge in [-0.3, -0.25) is 9.80 Å². The van der Waals surface area contributed by atoms with E-state index in [4.69, 9.17) is 9.94 Å². The van der Waals surface area contributed by atoms with Gasteiger partial charge in [-0.1, -0.05) is 35.5 Å². The van der Waals surface area contributed by atoms with Crippen LogP contribution in [0.25, 0.3) is 6.08 Å². The summed E-state index contributed by atoms with van der Waals surface area (Å²) in [6, 6.07) is 10.3. The highest BCUT2D eigenvalue weighted by atomic mass is 16.7. The lowest BCUT2D eigenvalue weighted by molar-refractivity contribution is -0.130. The molecule has 1 heterocycles. The number of nitrogens with zero attached hydrogens (tertiary/aromatic N) is 3. The molecule has 1 saturated heterocycles. The molecular formula is C22H33N3O3.